The smallest absolute Gasteiger partial charge is 0.120 e. The Morgan fingerprint density at radius 1 is 1.35 bits per heavy atom. The van der Waals surface area contributed by atoms with E-state index in [9.17, 15) is 0 Å². The first kappa shape index (κ1) is 11.9. The van der Waals surface area contributed by atoms with Gasteiger partial charge in [0.2, 0.25) is 0 Å². The molecule has 3 heteroatoms. The van der Waals surface area contributed by atoms with Gasteiger partial charge in [-0.3, -0.25) is 0 Å². The highest BCUT2D eigenvalue weighted by Crippen LogP contribution is 2.27. The van der Waals surface area contributed by atoms with E-state index >= 15 is 0 Å². The van der Waals surface area contributed by atoms with Crippen molar-refractivity contribution in [2.75, 3.05) is 0 Å². The van der Waals surface area contributed by atoms with Crippen molar-refractivity contribution in [1.29, 1.82) is 0 Å². The summed E-state index contributed by atoms with van der Waals surface area (Å²) < 4.78 is 0. The van der Waals surface area contributed by atoms with Gasteiger partial charge in [-0.2, -0.15) is 0 Å². The molecule has 3 nitrogen and oxygen atoms in total. The fraction of sp³-hybridized carbons (Fsp3) is 0.357. The van der Waals surface area contributed by atoms with Crippen molar-refractivity contribution in [2.45, 2.75) is 33.2 Å². The van der Waals surface area contributed by atoms with Gasteiger partial charge in [0.15, 0.2) is 0 Å². The van der Waals surface area contributed by atoms with Crippen molar-refractivity contribution < 1.29 is 0 Å². The number of hydrogen-bond acceptors (Lipinski definition) is 2. The van der Waals surface area contributed by atoms with E-state index in [0.717, 1.165) is 22.8 Å². The van der Waals surface area contributed by atoms with E-state index in [1.165, 1.54) is 5.56 Å². The molecule has 1 heterocycles. The van der Waals surface area contributed by atoms with Crippen LogP contribution in [0.25, 0.3) is 11.3 Å². The van der Waals surface area contributed by atoms with Crippen molar-refractivity contribution >= 4 is 0 Å². The zero-order chi connectivity index (χ0) is 12.4. The Bertz CT molecular complexity index is 512. The fourth-order valence-corrected chi connectivity index (χ4v) is 1.96. The van der Waals surface area contributed by atoms with E-state index in [4.69, 9.17) is 5.73 Å². The van der Waals surface area contributed by atoms with Gasteiger partial charge in [-0.1, -0.05) is 37.6 Å². The van der Waals surface area contributed by atoms with Gasteiger partial charge in [0.05, 0.1) is 12.2 Å². The maximum atomic E-state index is 5.65. The van der Waals surface area contributed by atoms with Crippen LogP contribution in [0.3, 0.4) is 0 Å². The van der Waals surface area contributed by atoms with E-state index in [1.54, 1.807) is 0 Å². The Kier molecular flexibility index (Phi) is 3.29. The second-order valence-corrected chi connectivity index (χ2v) is 4.67. The van der Waals surface area contributed by atoms with Crippen molar-refractivity contribution in [1.82, 2.24) is 9.97 Å². The van der Waals surface area contributed by atoms with Gasteiger partial charge in [0.25, 0.3) is 0 Å². The summed E-state index contributed by atoms with van der Waals surface area (Å²) in [5.41, 5.74) is 10.2. The van der Waals surface area contributed by atoms with E-state index in [2.05, 4.69) is 55.0 Å². The molecule has 2 aromatic rings. The summed E-state index contributed by atoms with van der Waals surface area (Å²) in [4.78, 5) is 7.89. The Balaban J connectivity index is 2.53. The summed E-state index contributed by atoms with van der Waals surface area (Å²) in [7, 11) is 0. The number of nitrogens with two attached hydrogens (primary N) is 1. The van der Waals surface area contributed by atoms with Gasteiger partial charge in [0.1, 0.15) is 5.82 Å². The standard InChI is InChI=1S/C14H19N3/c1-9(2)13-14(17-12(8-15)16-13)11-6-4-5-10(3)7-11/h4-7,9H,8,15H2,1-3H3,(H,16,17). The lowest BCUT2D eigenvalue weighted by molar-refractivity contribution is 0.822. The number of aryl methyl sites for hydroxylation is 1. The van der Waals surface area contributed by atoms with E-state index < -0.39 is 0 Å². The van der Waals surface area contributed by atoms with Gasteiger partial charge < -0.3 is 10.7 Å². The number of aromatic nitrogens is 2. The first-order valence-electron chi connectivity index (χ1n) is 5.97. The molecule has 17 heavy (non-hydrogen) atoms. The van der Waals surface area contributed by atoms with E-state index in [0.29, 0.717) is 12.5 Å². The number of hydrogen-bond donors (Lipinski definition) is 2. The second kappa shape index (κ2) is 4.72. The molecule has 0 fully saturated rings. The molecular weight excluding hydrogens is 210 g/mol. The molecule has 0 unspecified atom stereocenters. The number of nitrogens with zero attached hydrogens (tertiary/aromatic N) is 1. The monoisotopic (exact) mass is 229 g/mol. The minimum Gasteiger partial charge on any atom is -0.344 e. The number of rotatable bonds is 3. The number of H-pyrrole nitrogens is 1. The lowest BCUT2D eigenvalue weighted by Crippen LogP contribution is -1.98. The summed E-state index contributed by atoms with van der Waals surface area (Å²) in [6.45, 7) is 6.86. The lowest BCUT2D eigenvalue weighted by Gasteiger charge is -2.06. The number of imidazole rings is 1. The van der Waals surface area contributed by atoms with Crippen molar-refractivity contribution in [2.24, 2.45) is 5.73 Å². The molecule has 1 aromatic carbocycles. The molecule has 0 saturated carbocycles. The van der Waals surface area contributed by atoms with Crippen LogP contribution in [-0.4, -0.2) is 9.97 Å². The molecule has 0 spiro atoms. The van der Waals surface area contributed by atoms with Gasteiger partial charge in [-0.05, 0) is 18.9 Å². The van der Waals surface area contributed by atoms with Crippen LogP contribution in [0.4, 0.5) is 0 Å². The maximum absolute atomic E-state index is 5.65. The molecule has 0 atom stereocenters. The molecule has 0 saturated heterocycles. The van der Waals surface area contributed by atoms with Gasteiger partial charge in [-0.15, -0.1) is 0 Å². The van der Waals surface area contributed by atoms with Crippen LogP contribution in [0.5, 0.6) is 0 Å². The van der Waals surface area contributed by atoms with E-state index in [1.807, 2.05) is 0 Å². The highest BCUT2D eigenvalue weighted by atomic mass is 15.0. The number of benzene rings is 1. The third-order valence-corrected chi connectivity index (χ3v) is 2.84. The molecule has 0 aliphatic rings. The molecule has 0 amide bonds. The molecule has 2 rings (SSSR count). The first-order chi connectivity index (χ1) is 8.11. The molecular formula is C14H19N3. The average molecular weight is 229 g/mol. The Labute approximate surface area is 102 Å². The molecule has 0 aliphatic carbocycles. The van der Waals surface area contributed by atoms with Gasteiger partial charge >= 0.3 is 0 Å². The highest BCUT2D eigenvalue weighted by Gasteiger charge is 2.14. The van der Waals surface area contributed by atoms with Crippen molar-refractivity contribution in [3.8, 4) is 11.3 Å². The van der Waals surface area contributed by atoms with Crippen LogP contribution < -0.4 is 5.73 Å². The zero-order valence-electron chi connectivity index (χ0n) is 10.6. The molecule has 1 aromatic heterocycles. The Morgan fingerprint density at radius 2 is 2.12 bits per heavy atom. The quantitative estimate of drug-likeness (QED) is 0.850. The molecule has 90 valence electrons. The predicted octanol–water partition coefficient (Wildman–Crippen LogP) is 2.97. The van der Waals surface area contributed by atoms with Crippen molar-refractivity contribution in [3.05, 3.63) is 41.3 Å². The van der Waals surface area contributed by atoms with Crippen LogP contribution >= 0.6 is 0 Å². The van der Waals surface area contributed by atoms with Gasteiger partial charge in [-0.25, -0.2) is 4.98 Å². The fourth-order valence-electron chi connectivity index (χ4n) is 1.96. The topological polar surface area (TPSA) is 54.7 Å². The lowest BCUT2D eigenvalue weighted by atomic mass is 10.0. The number of aromatic amines is 1. The summed E-state index contributed by atoms with van der Waals surface area (Å²) in [6.07, 6.45) is 0. The van der Waals surface area contributed by atoms with Crippen LogP contribution in [0, 0.1) is 6.92 Å². The Morgan fingerprint density at radius 3 is 2.71 bits per heavy atom. The van der Waals surface area contributed by atoms with Crippen LogP contribution in [0.1, 0.15) is 36.8 Å². The predicted molar refractivity (Wildman–Crippen MR) is 70.7 cm³/mol. The third kappa shape index (κ3) is 2.39. The molecule has 0 bridgehead atoms. The molecule has 0 radical (unpaired) electrons. The first-order valence-corrected chi connectivity index (χ1v) is 5.97. The minimum absolute atomic E-state index is 0.415. The van der Waals surface area contributed by atoms with E-state index in [-0.39, 0.29) is 0 Å². The summed E-state index contributed by atoms with van der Waals surface area (Å²) in [5, 5.41) is 0. The summed E-state index contributed by atoms with van der Waals surface area (Å²) >= 11 is 0. The number of nitrogens with one attached hydrogen (secondary N) is 1. The summed E-state index contributed by atoms with van der Waals surface area (Å²) in [5.74, 6) is 1.27. The average Bonchev–Trinajstić information content (AvgIpc) is 2.73. The highest BCUT2D eigenvalue weighted by molar-refractivity contribution is 5.63. The molecule has 0 aliphatic heterocycles. The zero-order valence-corrected chi connectivity index (χ0v) is 10.6. The summed E-state index contributed by atoms with van der Waals surface area (Å²) in [6, 6.07) is 8.40. The largest absolute Gasteiger partial charge is 0.344 e. The molecule has 3 N–H and O–H groups in total. The SMILES string of the molecule is Cc1cccc(-c2nc(CN)[nH]c2C(C)C)c1. The van der Waals surface area contributed by atoms with Crippen LogP contribution in [-0.2, 0) is 6.54 Å². The van der Waals surface area contributed by atoms with Crippen LogP contribution in [0.15, 0.2) is 24.3 Å². The van der Waals surface area contributed by atoms with Crippen LogP contribution in [0.2, 0.25) is 0 Å². The Hall–Kier alpha value is -1.61. The maximum Gasteiger partial charge on any atom is 0.120 e. The normalized spacial score (nSPS) is 11.1. The van der Waals surface area contributed by atoms with Gasteiger partial charge in [0, 0.05) is 11.3 Å². The minimum atomic E-state index is 0.415. The van der Waals surface area contributed by atoms with Crippen molar-refractivity contribution in [3.63, 3.8) is 0 Å². The second-order valence-electron chi connectivity index (χ2n) is 4.67. The third-order valence-electron chi connectivity index (χ3n) is 2.84.